The maximum atomic E-state index is 4.36. The minimum atomic E-state index is 0.718. The number of nitrogens with zero attached hydrogens (tertiary/aromatic N) is 3. The van der Waals surface area contributed by atoms with Crippen molar-refractivity contribution in [1.82, 2.24) is 20.2 Å². The molecule has 2 aliphatic rings. The van der Waals surface area contributed by atoms with Crippen LogP contribution in [0, 0.1) is 5.92 Å². The van der Waals surface area contributed by atoms with Crippen LogP contribution in [0.2, 0.25) is 0 Å². The van der Waals surface area contributed by atoms with E-state index in [1.165, 1.54) is 25.9 Å². The fourth-order valence-corrected chi connectivity index (χ4v) is 2.98. The van der Waals surface area contributed by atoms with Crippen molar-refractivity contribution in [3.8, 4) is 0 Å². The summed E-state index contributed by atoms with van der Waals surface area (Å²) in [5, 5.41) is 3.50. The minimum absolute atomic E-state index is 0.718. The molecule has 2 fully saturated rings. The molecule has 2 aliphatic heterocycles. The molecule has 3 heterocycles. The smallest absolute Gasteiger partial charge is 0.0726 e. The summed E-state index contributed by atoms with van der Waals surface area (Å²) in [5.74, 6) is 0.852. The van der Waals surface area contributed by atoms with Crippen LogP contribution >= 0.6 is 0 Å². The van der Waals surface area contributed by atoms with E-state index in [-0.39, 0.29) is 0 Å². The van der Waals surface area contributed by atoms with Gasteiger partial charge in [-0.3, -0.25) is 14.9 Å². The van der Waals surface area contributed by atoms with Crippen LogP contribution < -0.4 is 5.32 Å². The van der Waals surface area contributed by atoms with Crippen LogP contribution in [-0.2, 0) is 6.54 Å². The van der Waals surface area contributed by atoms with E-state index in [0.29, 0.717) is 0 Å². The molecular weight excluding hydrogens is 200 g/mol. The van der Waals surface area contributed by atoms with Gasteiger partial charge in [0.1, 0.15) is 0 Å². The fraction of sp³-hybridized carbons (Fsp3) is 0.667. The maximum Gasteiger partial charge on any atom is 0.0726 e. The molecule has 2 unspecified atom stereocenters. The second-order valence-corrected chi connectivity index (χ2v) is 4.80. The summed E-state index contributed by atoms with van der Waals surface area (Å²) >= 11 is 0. The lowest BCUT2D eigenvalue weighted by atomic mass is 9.92. The van der Waals surface area contributed by atoms with Crippen molar-refractivity contribution in [2.24, 2.45) is 5.92 Å². The normalized spacial score (nSPS) is 30.2. The lowest BCUT2D eigenvalue weighted by molar-refractivity contribution is 0.116. The van der Waals surface area contributed by atoms with Gasteiger partial charge in [0.2, 0.25) is 0 Å². The summed E-state index contributed by atoms with van der Waals surface area (Å²) in [6.07, 6.45) is 8.10. The number of hydrogen-bond donors (Lipinski definition) is 1. The molecular formula is C12H18N4. The summed E-state index contributed by atoms with van der Waals surface area (Å²) in [4.78, 5) is 11.1. The number of fused-ring (bicyclic) bond motifs is 1. The molecule has 0 spiro atoms. The van der Waals surface area contributed by atoms with E-state index in [0.717, 1.165) is 30.7 Å². The van der Waals surface area contributed by atoms with Crippen molar-refractivity contribution in [2.75, 3.05) is 19.6 Å². The first-order valence-electron chi connectivity index (χ1n) is 6.13. The molecule has 2 saturated heterocycles. The molecule has 4 nitrogen and oxygen atoms in total. The lowest BCUT2D eigenvalue weighted by Crippen LogP contribution is -2.44. The fourth-order valence-electron chi connectivity index (χ4n) is 2.98. The van der Waals surface area contributed by atoms with Gasteiger partial charge in [-0.2, -0.15) is 0 Å². The van der Waals surface area contributed by atoms with E-state index in [1.54, 1.807) is 12.4 Å². The highest BCUT2D eigenvalue weighted by Crippen LogP contribution is 2.27. The van der Waals surface area contributed by atoms with Gasteiger partial charge in [0.15, 0.2) is 0 Å². The van der Waals surface area contributed by atoms with Gasteiger partial charge in [-0.05, 0) is 31.8 Å². The highest BCUT2D eigenvalue weighted by atomic mass is 15.2. The SMILES string of the molecule is c1cnc(CN2CCCC3CNCC32)cn1. The standard InChI is InChI=1S/C12H18N4/c1-2-10-6-14-8-12(10)16(5-1)9-11-7-13-3-4-15-11/h3-4,7,10,12,14H,1-2,5-6,8-9H2. The van der Waals surface area contributed by atoms with Gasteiger partial charge in [-0.25, -0.2) is 0 Å². The monoisotopic (exact) mass is 218 g/mol. The number of hydrogen-bond acceptors (Lipinski definition) is 4. The van der Waals surface area contributed by atoms with Crippen LogP contribution in [0.1, 0.15) is 18.5 Å². The van der Waals surface area contributed by atoms with E-state index in [2.05, 4.69) is 20.2 Å². The van der Waals surface area contributed by atoms with E-state index in [4.69, 9.17) is 0 Å². The maximum absolute atomic E-state index is 4.36. The number of nitrogens with one attached hydrogen (secondary N) is 1. The van der Waals surface area contributed by atoms with Crippen LogP contribution in [-0.4, -0.2) is 40.5 Å². The first kappa shape index (κ1) is 10.2. The summed E-state index contributed by atoms with van der Waals surface area (Å²) in [6.45, 7) is 4.50. The second-order valence-electron chi connectivity index (χ2n) is 4.80. The Bertz CT molecular complexity index is 340. The highest BCUT2D eigenvalue weighted by molar-refractivity contribution is 4.99. The predicted molar refractivity (Wildman–Crippen MR) is 61.8 cm³/mol. The van der Waals surface area contributed by atoms with Gasteiger partial charge < -0.3 is 5.32 Å². The zero-order chi connectivity index (χ0) is 10.8. The van der Waals surface area contributed by atoms with Crippen LogP contribution in [0.5, 0.6) is 0 Å². The molecule has 0 radical (unpaired) electrons. The molecule has 1 aromatic heterocycles. The topological polar surface area (TPSA) is 41.1 Å². The van der Waals surface area contributed by atoms with E-state index in [9.17, 15) is 0 Å². The Morgan fingerprint density at radius 3 is 3.25 bits per heavy atom. The van der Waals surface area contributed by atoms with Crippen molar-refractivity contribution in [3.05, 3.63) is 24.3 Å². The number of likely N-dealkylation sites (tertiary alicyclic amines) is 1. The third-order valence-electron chi connectivity index (χ3n) is 3.78. The Kier molecular flexibility index (Phi) is 2.84. The van der Waals surface area contributed by atoms with Gasteiger partial charge in [0.25, 0.3) is 0 Å². The molecule has 3 rings (SSSR count). The quantitative estimate of drug-likeness (QED) is 0.792. The minimum Gasteiger partial charge on any atom is -0.315 e. The van der Waals surface area contributed by atoms with Gasteiger partial charge in [-0.15, -0.1) is 0 Å². The first-order valence-corrected chi connectivity index (χ1v) is 6.13. The van der Waals surface area contributed by atoms with Crippen LogP contribution in [0.4, 0.5) is 0 Å². The molecule has 4 heteroatoms. The molecule has 1 aromatic rings. The largest absolute Gasteiger partial charge is 0.315 e. The predicted octanol–water partition coefficient (Wildman–Crippen LogP) is 0.660. The van der Waals surface area contributed by atoms with Gasteiger partial charge in [0, 0.05) is 37.7 Å². The molecule has 0 bridgehead atoms. The number of rotatable bonds is 2. The zero-order valence-electron chi connectivity index (χ0n) is 9.47. The summed E-state index contributed by atoms with van der Waals surface area (Å²) in [5.41, 5.74) is 1.09. The third kappa shape index (κ3) is 1.95. The third-order valence-corrected chi connectivity index (χ3v) is 3.78. The van der Waals surface area contributed by atoms with Gasteiger partial charge in [0.05, 0.1) is 5.69 Å². The molecule has 0 aromatic carbocycles. The van der Waals surface area contributed by atoms with Crippen molar-refractivity contribution < 1.29 is 0 Å². The average Bonchev–Trinajstić information content (AvgIpc) is 2.80. The Hall–Kier alpha value is -1.00. The summed E-state index contributed by atoms with van der Waals surface area (Å²) in [7, 11) is 0. The average molecular weight is 218 g/mol. The lowest BCUT2D eigenvalue weighted by Gasteiger charge is -2.36. The van der Waals surface area contributed by atoms with Crippen molar-refractivity contribution in [3.63, 3.8) is 0 Å². The number of piperidine rings is 1. The Balaban J connectivity index is 1.70. The zero-order valence-corrected chi connectivity index (χ0v) is 9.47. The Labute approximate surface area is 96.1 Å². The van der Waals surface area contributed by atoms with Crippen molar-refractivity contribution >= 4 is 0 Å². The van der Waals surface area contributed by atoms with Gasteiger partial charge >= 0.3 is 0 Å². The molecule has 1 N–H and O–H groups in total. The molecule has 86 valence electrons. The molecule has 0 amide bonds. The van der Waals surface area contributed by atoms with Gasteiger partial charge in [-0.1, -0.05) is 0 Å². The first-order chi connectivity index (χ1) is 7.93. The second kappa shape index (κ2) is 4.47. The van der Waals surface area contributed by atoms with E-state index < -0.39 is 0 Å². The summed E-state index contributed by atoms with van der Waals surface area (Å²) in [6, 6.07) is 0.718. The highest BCUT2D eigenvalue weighted by Gasteiger charge is 2.34. The van der Waals surface area contributed by atoms with Crippen LogP contribution in [0.3, 0.4) is 0 Å². The van der Waals surface area contributed by atoms with Crippen LogP contribution in [0.25, 0.3) is 0 Å². The Morgan fingerprint density at radius 2 is 2.38 bits per heavy atom. The molecule has 2 atom stereocenters. The van der Waals surface area contributed by atoms with Crippen LogP contribution in [0.15, 0.2) is 18.6 Å². The van der Waals surface area contributed by atoms with E-state index >= 15 is 0 Å². The molecule has 0 saturated carbocycles. The van der Waals surface area contributed by atoms with E-state index in [1.807, 2.05) is 6.20 Å². The molecule has 0 aliphatic carbocycles. The van der Waals surface area contributed by atoms with Crippen molar-refractivity contribution in [1.29, 1.82) is 0 Å². The van der Waals surface area contributed by atoms with Crippen molar-refractivity contribution in [2.45, 2.75) is 25.4 Å². The Morgan fingerprint density at radius 1 is 1.38 bits per heavy atom. The summed E-state index contributed by atoms with van der Waals surface area (Å²) < 4.78 is 0. The number of aromatic nitrogens is 2. The molecule has 16 heavy (non-hydrogen) atoms.